The molecular weight excluding hydrogens is 314 g/mol. The van der Waals surface area contributed by atoms with Crippen molar-refractivity contribution < 1.29 is 9.59 Å². The van der Waals surface area contributed by atoms with Crippen molar-refractivity contribution in [3.8, 4) is 0 Å². The highest BCUT2D eigenvalue weighted by Gasteiger charge is 2.27. The molecule has 0 bridgehead atoms. The summed E-state index contributed by atoms with van der Waals surface area (Å²) in [5.41, 5.74) is 0.853. The summed E-state index contributed by atoms with van der Waals surface area (Å²) in [6.45, 7) is 3.98. The molecule has 0 saturated carbocycles. The molecule has 0 atom stereocenters. The van der Waals surface area contributed by atoms with Crippen molar-refractivity contribution in [2.24, 2.45) is 5.92 Å². The lowest BCUT2D eigenvalue weighted by Gasteiger charge is -2.32. The number of hydrogen-bond donors (Lipinski definition) is 1. The first-order chi connectivity index (χ1) is 12.2. The Morgan fingerprint density at radius 1 is 0.920 bits per heavy atom. The van der Waals surface area contributed by atoms with E-state index in [1.807, 2.05) is 35.2 Å². The van der Waals surface area contributed by atoms with Gasteiger partial charge >= 0.3 is 0 Å². The number of anilines is 1. The minimum absolute atomic E-state index is 0.0461. The number of carbonyl (C=O) groups excluding carboxylic acids is 2. The average Bonchev–Trinajstić information content (AvgIpc) is 2.92. The van der Waals surface area contributed by atoms with Gasteiger partial charge in [0.25, 0.3) is 0 Å². The zero-order chi connectivity index (χ0) is 17.5. The van der Waals surface area contributed by atoms with E-state index in [4.69, 9.17) is 0 Å². The molecule has 136 valence electrons. The molecule has 2 aliphatic rings. The van der Waals surface area contributed by atoms with Gasteiger partial charge in [-0.25, -0.2) is 0 Å². The maximum atomic E-state index is 12.5. The highest BCUT2D eigenvalue weighted by Crippen LogP contribution is 2.20. The molecule has 1 aromatic carbocycles. The molecule has 0 spiro atoms. The van der Waals surface area contributed by atoms with Crippen molar-refractivity contribution in [1.82, 2.24) is 9.80 Å². The van der Waals surface area contributed by atoms with Crippen molar-refractivity contribution in [2.45, 2.75) is 38.5 Å². The molecule has 1 N–H and O–H groups in total. The van der Waals surface area contributed by atoms with E-state index in [-0.39, 0.29) is 17.7 Å². The van der Waals surface area contributed by atoms with Crippen LogP contribution in [0.5, 0.6) is 0 Å². The third-order valence-electron chi connectivity index (χ3n) is 5.32. The van der Waals surface area contributed by atoms with Gasteiger partial charge in [-0.2, -0.15) is 0 Å². The molecule has 0 aromatic heterocycles. The second-order valence-electron chi connectivity index (χ2n) is 7.20. The van der Waals surface area contributed by atoms with Crippen LogP contribution in [0.4, 0.5) is 5.69 Å². The Kier molecular flexibility index (Phi) is 6.45. The van der Waals surface area contributed by atoms with Gasteiger partial charge in [-0.15, -0.1) is 0 Å². The van der Waals surface area contributed by atoms with E-state index < -0.39 is 0 Å². The topological polar surface area (TPSA) is 52.7 Å². The summed E-state index contributed by atoms with van der Waals surface area (Å²) in [6, 6.07) is 9.61. The van der Waals surface area contributed by atoms with E-state index in [1.165, 1.54) is 12.8 Å². The molecule has 2 amide bonds. The first kappa shape index (κ1) is 17.9. The fourth-order valence-electron chi connectivity index (χ4n) is 3.73. The molecule has 2 heterocycles. The van der Waals surface area contributed by atoms with E-state index in [1.54, 1.807) is 0 Å². The molecule has 1 aromatic rings. The molecule has 0 aliphatic carbocycles. The Morgan fingerprint density at radius 3 is 2.20 bits per heavy atom. The average molecular weight is 343 g/mol. The summed E-state index contributed by atoms with van der Waals surface area (Å²) < 4.78 is 0. The Hall–Kier alpha value is -1.88. The third kappa shape index (κ3) is 5.30. The summed E-state index contributed by atoms with van der Waals surface area (Å²) in [5.74, 6) is 0.406. The van der Waals surface area contributed by atoms with Gasteiger partial charge in [0.1, 0.15) is 0 Å². The van der Waals surface area contributed by atoms with Gasteiger partial charge in [0.2, 0.25) is 11.8 Å². The van der Waals surface area contributed by atoms with E-state index >= 15 is 0 Å². The molecule has 5 nitrogen and oxygen atoms in total. The number of nitrogens with zero attached hydrogens (tertiary/aromatic N) is 2. The fourth-order valence-corrected chi connectivity index (χ4v) is 3.73. The number of benzene rings is 1. The number of nitrogens with one attached hydrogen (secondary N) is 1. The lowest BCUT2D eigenvalue weighted by molar-refractivity contribution is -0.132. The normalized spacial score (nSPS) is 20.1. The molecular formula is C20H29N3O2. The highest BCUT2D eigenvalue weighted by molar-refractivity contribution is 5.92. The quantitative estimate of drug-likeness (QED) is 0.914. The number of hydrogen-bond acceptors (Lipinski definition) is 3. The van der Waals surface area contributed by atoms with Gasteiger partial charge in [0, 0.05) is 24.7 Å². The van der Waals surface area contributed by atoms with E-state index in [0.29, 0.717) is 6.54 Å². The Labute approximate surface area is 150 Å². The molecule has 3 rings (SSSR count). The molecule has 2 saturated heterocycles. The van der Waals surface area contributed by atoms with Crippen LogP contribution in [0, 0.1) is 5.92 Å². The van der Waals surface area contributed by atoms with Gasteiger partial charge < -0.3 is 10.2 Å². The van der Waals surface area contributed by atoms with Crippen LogP contribution in [-0.4, -0.2) is 54.3 Å². The monoisotopic (exact) mass is 343 g/mol. The summed E-state index contributed by atoms with van der Waals surface area (Å²) >= 11 is 0. The Balaban J connectivity index is 1.42. The van der Waals surface area contributed by atoms with Crippen LogP contribution in [0.3, 0.4) is 0 Å². The standard InChI is InChI=1S/C20H29N3O2/c24-19(23-12-6-1-2-7-13-23)16-22-14-10-17(11-15-22)20(25)21-18-8-4-3-5-9-18/h3-5,8-9,17H,1-2,6-7,10-16H2,(H,21,25). The van der Waals surface area contributed by atoms with Crippen molar-refractivity contribution in [2.75, 3.05) is 38.0 Å². The van der Waals surface area contributed by atoms with Crippen molar-refractivity contribution in [3.05, 3.63) is 30.3 Å². The predicted molar refractivity (Wildman–Crippen MR) is 99.3 cm³/mol. The Morgan fingerprint density at radius 2 is 1.56 bits per heavy atom. The minimum atomic E-state index is 0.0461. The Bertz CT molecular complexity index is 560. The smallest absolute Gasteiger partial charge is 0.236 e. The molecule has 2 aliphatic heterocycles. The summed E-state index contributed by atoms with van der Waals surface area (Å²) in [7, 11) is 0. The van der Waals surface area contributed by atoms with Crippen molar-refractivity contribution >= 4 is 17.5 Å². The molecule has 0 unspecified atom stereocenters. The number of rotatable bonds is 4. The number of likely N-dealkylation sites (tertiary alicyclic amines) is 2. The van der Waals surface area contributed by atoms with Crippen LogP contribution in [0.2, 0.25) is 0 Å². The second-order valence-corrected chi connectivity index (χ2v) is 7.20. The van der Waals surface area contributed by atoms with Crippen LogP contribution < -0.4 is 5.32 Å². The minimum Gasteiger partial charge on any atom is -0.342 e. The van der Waals surface area contributed by atoms with Crippen LogP contribution in [0.25, 0.3) is 0 Å². The first-order valence-electron chi connectivity index (χ1n) is 9.58. The number of carbonyl (C=O) groups is 2. The second kappa shape index (κ2) is 8.99. The fraction of sp³-hybridized carbons (Fsp3) is 0.600. The summed E-state index contributed by atoms with van der Waals surface area (Å²) in [6.07, 6.45) is 6.40. The number of piperidine rings is 1. The van der Waals surface area contributed by atoms with Gasteiger partial charge in [-0.3, -0.25) is 14.5 Å². The van der Waals surface area contributed by atoms with Gasteiger partial charge in [0.05, 0.1) is 6.54 Å². The molecule has 2 fully saturated rings. The van der Waals surface area contributed by atoms with Gasteiger partial charge in [-0.1, -0.05) is 31.0 Å². The lowest BCUT2D eigenvalue weighted by atomic mass is 9.95. The first-order valence-corrected chi connectivity index (χ1v) is 9.58. The van der Waals surface area contributed by atoms with E-state index in [9.17, 15) is 9.59 Å². The number of para-hydroxylation sites is 1. The van der Waals surface area contributed by atoms with Crippen LogP contribution in [-0.2, 0) is 9.59 Å². The van der Waals surface area contributed by atoms with Crippen molar-refractivity contribution in [3.63, 3.8) is 0 Å². The third-order valence-corrected chi connectivity index (χ3v) is 5.32. The van der Waals surface area contributed by atoms with Crippen LogP contribution in [0.1, 0.15) is 38.5 Å². The van der Waals surface area contributed by atoms with Gasteiger partial charge in [0.15, 0.2) is 0 Å². The largest absolute Gasteiger partial charge is 0.342 e. The summed E-state index contributed by atoms with van der Waals surface area (Å²) in [5, 5.41) is 2.99. The molecule has 5 heteroatoms. The molecule has 0 radical (unpaired) electrons. The zero-order valence-corrected chi connectivity index (χ0v) is 15.0. The number of amides is 2. The highest BCUT2D eigenvalue weighted by atomic mass is 16.2. The van der Waals surface area contributed by atoms with Crippen LogP contribution in [0.15, 0.2) is 30.3 Å². The SMILES string of the molecule is O=C(Nc1ccccc1)C1CCN(CC(=O)N2CCCCCC2)CC1. The summed E-state index contributed by atoms with van der Waals surface area (Å²) in [4.78, 5) is 29.1. The van der Waals surface area contributed by atoms with Crippen molar-refractivity contribution in [1.29, 1.82) is 0 Å². The van der Waals surface area contributed by atoms with Gasteiger partial charge in [-0.05, 0) is 50.9 Å². The van der Waals surface area contributed by atoms with E-state index in [0.717, 1.165) is 57.5 Å². The van der Waals surface area contributed by atoms with E-state index in [2.05, 4.69) is 10.2 Å². The van der Waals surface area contributed by atoms with Crippen LogP contribution >= 0.6 is 0 Å². The predicted octanol–water partition coefficient (Wildman–Crippen LogP) is 2.74. The molecule has 25 heavy (non-hydrogen) atoms. The lowest BCUT2D eigenvalue weighted by Crippen LogP contribution is -2.45. The maximum absolute atomic E-state index is 12.5. The zero-order valence-electron chi connectivity index (χ0n) is 15.0. The maximum Gasteiger partial charge on any atom is 0.236 e.